The van der Waals surface area contributed by atoms with Gasteiger partial charge < -0.3 is 9.13 Å². The maximum atomic E-state index is 2.44. The van der Waals surface area contributed by atoms with Gasteiger partial charge in [-0.1, -0.05) is 152 Å². The summed E-state index contributed by atoms with van der Waals surface area (Å²) in [4.78, 5) is 0. The smallest absolute Gasteiger partial charge is 0.0547 e. The van der Waals surface area contributed by atoms with Crippen LogP contribution in [0.25, 0.3) is 88.4 Å². The highest BCUT2D eigenvalue weighted by molar-refractivity contribution is 6.16. The van der Waals surface area contributed by atoms with Crippen LogP contribution in [0.3, 0.4) is 0 Å². The van der Waals surface area contributed by atoms with Gasteiger partial charge in [-0.15, -0.1) is 0 Å². The van der Waals surface area contributed by atoms with E-state index in [-0.39, 0.29) is 0 Å². The third kappa shape index (κ3) is 4.43. The normalized spacial score (nSPS) is 11.6. The predicted molar refractivity (Wildman–Crippen MR) is 211 cm³/mol. The Morgan fingerprint density at radius 2 is 0.820 bits per heavy atom. The molecular formula is C48H32N2. The summed E-state index contributed by atoms with van der Waals surface area (Å²) in [5, 5.41) is 5.06. The third-order valence-corrected chi connectivity index (χ3v) is 10.1. The lowest BCUT2D eigenvalue weighted by Gasteiger charge is -2.15. The van der Waals surface area contributed by atoms with Crippen LogP contribution in [0.4, 0.5) is 0 Å². The molecule has 0 N–H and O–H groups in total. The van der Waals surface area contributed by atoms with Crippen LogP contribution in [0.2, 0.25) is 0 Å². The van der Waals surface area contributed by atoms with E-state index in [0.29, 0.717) is 0 Å². The van der Waals surface area contributed by atoms with E-state index in [4.69, 9.17) is 0 Å². The minimum absolute atomic E-state index is 1.17. The predicted octanol–water partition coefficient (Wildman–Crippen LogP) is 12.9. The minimum atomic E-state index is 1.17. The Bertz CT molecular complexity index is 2840. The first-order valence-electron chi connectivity index (χ1n) is 17.2. The lowest BCUT2D eigenvalue weighted by Crippen LogP contribution is -1.97. The molecule has 2 aromatic heterocycles. The van der Waals surface area contributed by atoms with E-state index in [1.807, 2.05) is 0 Å². The molecule has 50 heavy (non-hydrogen) atoms. The van der Waals surface area contributed by atoms with Crippen molar-refractivity contribution >= 4 is 43.6 Å². The second kappa shape index (κ2) is 11.5. The SMILES string of the molecule is c1ccc(-c2ccc3c4ccccc4n(-c4ccccc4-c4ccc(-c5cccc6c5c5ccccc5n6-c5ccccc5)cc4)c3c2)cc1. The molecule has 0 radical (unpaired) electrons. The molecule has 0 atom stereocenters. The maximum Gasteiger partial charge on any atom is 0.0547 e. The summed E-state index contributed by atoms with van der Waals surface area (Å²) in [5.41, 5.74) is 14.5. The van der Waals surface area contributed by atoms with Crippen LogP contribution in [0.15, 0.2) is 194 Å². The molecule has 2 heterocycles. The molecule has 0 aliphatic rings. The van der Waals surface area contributed by atoms with Gasteiger partial charge in [-0.3, -0.25) is 0 Å². The average Bonchev–Trinajstić information content (AvgIpc) is 3.71. The van der Waals surface area contributed by atoms with Crippen LogP contribution in [-0.4, -0.2) is 9.13 Å². The molecule has 10 rings (SSSR count). The molecule has 0 unspecified atom stereocenters. The number of aromatic nitrogens is 2. The van der Waals surface area contributed by atoms with Gasteiger partial charge in [0.15, 0.2) is 0 Å². The zero-order valence-electron chi connectivity index (χ0n) is 27.4. The van der Waals surface area contributed by atoms with Gasteiger partial charge in [-0.25, -0.2) is 0 Å². The topological polar surface area (TPSA) is 9.86 Å². The molecule has 10 aromatic rings. The van der Waals surface area contributed by atoms with E-state index in [9.17, 15) is 0 Å². The van der Waals surface area contributed by atoms with E-state index in [2.05, 4.69) is 203 Å². The molecule has 2 nitrogen and oxygen atoms in total. The Hall–Kier alpha value is -6.64. The molecular weight excluding hydrogens is 605 g/mol. The van der Waals surface area contributed by atoms with Gasteiger partial charge in [0.25, 0.3) is 0 Å². The highest BCUT2D eigenvalue weighted by atomic mass is 15.0. The Morgan fingerprint density at radius 3 is 1.60 bits per heavy atom. The van der Waals surface area contributed by atoms with E-state index < -0.39 is 0 Å². The number of para-hydroxylation sites is 4. The molecule has 0 saturated heterocycles. The molecule has 0 saturated carbocycles. The zero-order chi connectivity index (χ0) is 33.0. The highest BCUT2D eigenvalue weighted by Crippen LogP contribution is 2.41. The van der Waals surface area contributed by atoms with Gasteiger partial charge in [0.05, 0.1) is 27.8 Å². The fraction of sp³-hybridized carbons (Fsp3) is 0. The average molecular weight is 637 g/mol. The number of rotatable bonds is 5. The summed E-state index contributed by atoms with van der Waals surface area (Å²) in [5.74, 6) is 0. The number of hydrogen-bond donors (Lipinski definition) is 0. The number of nitrogens with zero attached hydrogens (tertiary/aromatic N) is 2. The molecule has 0 aliphatic carbocycles. The number of hydrogen-bond acceptors (Lipinski definition) is 0. The van der Waals surface area contributed by atoms with Crippen LogP contribution < -0.4 is 0 Å². The summed E-state index contributed by atoms with van der Waals surface area (Å²) in [6.07, 6.45) is 0. The van der Waals surface area contributed by atoms with Gasteiger partial charge in [-0.05, 0) is 70.3 Å². The number of benzene rings is 8. The van der Waals surface area contributed by atoms with Crippen molar-refractivity contribution in [2.24, 2.45) is 0 Å². The van der Waals surface area contributed by atoms with Crippen molar-refractivity contribution in [2.45, 2.75) is 0 Å². The molecule has 8 aromatic carbocycles. The highest BCUT2D eigenvalue weighted by Gasteiger charge is 2.18. The molecule has 0 spiro atoms. The van der Waals surface area contributed by atoms with Crippen molar-refractivity contribution in [3.63, 3.8) is 0 Å². The van der Waals surface area contributed by atoms with E-state index in [1.165, 1.54) is 88.4 Å². The Labute approximate surface area is 290 Å². The summed E-state index contributed by atoms with van der Waals surface area (Å²) < 4.78 is 4.83. The van der Waals surface area contributed by atoms with Crippen LogP contribution in [0, 0.1) is 0 Å². The van der Waals surface area contributed by atoms with Crippen LogP contribution >= 0.6 is 0 Å². The van der Waals surface area contributed by atoms with Gasteiger partial charge >= 0.3 is 0 Å². The molecule has 0 aliphatic heterocycles. The van der Waals surface area contributed by atoms with Gasteiger partial charge in [0.2, 0.25) is 0 Å². The second-order valence-electron chi connectivity index (χ2n) is 12.9. The van der Waals surface area contributed by atoms with Crippen molar-refractivity contribution in [1.82, 2.24) is 9.13 Å². The second-order valence-corrected chi connectivity index (χ2v) is 12.9. The lowest BCUT2D eigenvalue weighted by molar-refractivity contribution is 1.18. The monoisotopic (exact) mass is 636 g/mol. The Kier molecular flexibility index (Phi) is 6.53. The van der Waals surface area contributed by atoms with Crippen LogP contribution in [0.5, 0.6) is 0 Å². The fourth-order valence-electron chi connectivity index (χ4n) is 7.90. The van der Waals surface area contributed by atoms with Crippen molar-refractivity contribution in [2.75, 3.05) is 0 Å². The van der Waals surface area contributed by atoms with Gasteiger partial charge in [0, 0.05) is 32.8 Å². The van der Waals surface area contributed by atoms with E-state index in [0.717, 1.165) is 0 Å². The molecule has 2 heteroatoms. The molecule has 234 valence electrons. The summed E-state index contributed by atoms with van der Waals surface area (Å²) in [6.45, 7) is 0. The fourth-order valence-corrected chi connectivity index (χ4v) is 7.90. The first-order valence-corrected chi connectivity index (χ1v) is 17.2. The molecule has 0 fully saturated rings. The quantitative estimate of drug-likeness (QED) is 0.178. The first kappa shape index (κ1) is 28.4. The maximum absolute atomic E-state index is 2.44. The zero-order valence-corrected chi connectivity index (χ0v) is 27.4. The standard InChI is InChI=1S/C48H32N2/c1-3-14-33(15-4-1)36-30-31-41-40-19-8-11-23-44(40)50(47(41)32-36)43-22-10-7-18-38(43)34-26-28-35(29-27-34)39-21-13-25-46-48(39)42-20-9-12-24-45(42)49(46)37-16-5-2-6-17-37/h1-32H. The van der Waals surface area contributed by atoms with E-state index in [1.54, 1.807) is 0 Å². The van der Waals surface area contributed by atoms with Crippen LogP contribution in [0.1, 0.15) is 0 Å². The third-order valence-electron chi connectivity index (χ3n) is 10.1. The van der Waals surface area contributed by atoms with Crippen molar-refractivity contribution in [3.05, 3.63) is 194 Å². The first-order chi connectivity index (χ1) is 24.8. The van der Waals surface area contributed by atoms with Gasteiger partial charge in [0.1, 0.15) is 0 Å². The van der Waals surface area contributed by atoms with Gasteiger partial charge in [-0.2, -0.15) is 0 Å². The van der Waals surface area contributed by atoms with Crippen molar-refractivity contribution in [3.8, 4) is 44.8 Å². The summed E-state index contributed by atoms with van der Waals surface area (Å²) >= 11 is 0. The molecule has 0 amide bonds. The summed E-state index contributed by atoms with van der Waals surface area (Å²) in [7, 11) is 0. The van der Waals surface area contributed by atoms with E-state index >= 15 is 0 Å². The van der Waals surface area contributed by atoms with Crippen molar-refractivity contribution < 1.29 is 0 Å². The molecule has 0 bridgehead atoms. The number of fused-ring (bicyclic) bond motifs is 6. The Balaban J connectivity index is 1.13. The van der Waals surface area contributed by atoms with Crippen LogP contribution in [-0.2, 0) is 0 Å². The van der Waals surface area contributed by atoms with Crippen molar-refractivity contribution in [1.29, 1.82) is 0 Å². The summed E-state index contributed by atoms with van der Waals surface area (Å²) in [6, 6.07) is 70.3. The Morgan fingerprint density at radius 1 is 0.280 bits per heavy atom. The largest absolute Gasteiger partial charge is 0.309 e. The lowest BCUT2D eigenvalue weighted by atomic mass is 9.96. The minimum Gasteiger partial charge on any atom is -0.309 e.